The zero-order chi connectivity index (χ0) is 13.8. The van der Waals surface area contributed by atoms with Gasteiger partial charge in [-0.25, -0.2) is 0 Å². The molecule has 0 N–H and O–H groups in total. The molecule has 0 saturated carbocycles. The van der Waals surface area contributed by atoms with Crippen LogP contribution in [0.3, 0.4) is 0 Å². The van der Waals surface area contributed by atoms with E-state index in [1.165, 1.54) is 0 Å². The molecule has 19 heavy (non-hydrogen) atoms. The summed E-state index contributed by atoms with van der Waals surface area (Å²) in [5, 5.41) is 0. The third-order valence-corrected chi connectivity index (χ3v) is 2.75. The number of ketones is 1. The summed E-state index contributed by atoms with van der Waals surface area (Å²) in [6, 6.07) is 6.91. The number of nitrogens with zero attached hydrogens (tertiary/aromatic N) is 1. The molecule has 0 radical (unpaired) electrons. The van der Waals surface area contributed by atoms with E-state index in [0.717, 1.165) is 5.56 Å². The fourth-order valence-electron chi connectivity index (χ4n) is 1.78. The minimum atomic E-state index is -0.103. The van der Waals surface area contributed by atoms with Gasteiger partial charge >= 0.3 is 0 Å². The number of carbonyl (C=O) groups is 1. The molecule has 1 heterocycles. The van der Waals surface area contributed by atoms with Crippen molar-refractivity contribution in [2.24, 2.45) is 0 Å². The van der Waals surface area contributed by atoms with Gasteiger partial charge in [0.25, 0.3) is 0 Å². The highest BCUT2D eigenvalue weighted by Gasteiger charge is 2.12. The second kappa shape index (κ2) is 5.52. The molecule has 0 aliphatic carbocycles. The third-order valence-electron chi connectivity index (χ3n) is 2.75. The minimum Gasteiger partial charge on any atom is -0.497 e. The number of ether oxygens (including phenoxy) is 2. The highest BCUT2D eigenvalue weighted by Crippen LogP contribution is 2.24. The van der Waals surface area contributed by atoms with Crippen molar-refractivity contribution in [3.05, 3.63) is 53.3 Å². The molecule has 1 aromatic heterocycles. The van der Waals surface area contributed by atoms with Crippen LogP contribution in [-0.4, -0.2) is 25.0 Å². The Labute approximate surface area is 112 Å². The zero-order valence-corrected chi connectivity index (χ0v) is 11.1. The smallest absolute Gasteiger partial charge is 0.194 e. The number of hydrogen-bond acceptors (Lipinski definition) is 4. The Morgan fingerprint density at radius 2 is 1.58 bits per heavy atom. The molecule has 0 bridgehead atoms. The number of carbonyl (C=O) groups excluding carboxylic acids is 1. The van der Waals surface area contributed by atoms with Crippen LogP contribution in [0.1, 0.15) is 21.5 Å². The van der Waals surface area contributed by atoms with E-state index in [9.17, 15) is 4.79 Å². The predicted molar refractivity (Wildman–Crippen MR) is 72.0 cm³/mol. The van der Waals surface area contributed by atoms with Crippen molar-refractivity contribution in [1.82, 2.24) is 4.98 Å². The van der Waals surface area contributed by atoms with Crippen LogP contribution in [0.4, 0.5) is 0 Å². The van der Waals surface area contributed by atoms with Gasteiger partial charge in [0.05, 0.1) is 14.2 Å². The topological polar surface area (TPSA) is 48.4 Å². The first-order chi connectivity index (χ1) is 9.13. The molecule has 0 spiro atoms. The molecule has 0 fully saturated rings. The number of aromatic nitrogens is 1. The molecule has 2 rings (SSSR count). The Morgan fingerprint density at radius 3 is 2.11 bits per heavy atom. The molecular formula is C15H15NO3. The molecule has 0 aliphatic rings. The van der Waals surface area contributed by atoms with Gasteiger partial charge in [-0.2, -0.15) is 0 Å². The zero-order valence-electron chi connectivity index (χ0n) is 11.1. The van der Waals surface area contributed by atoms with E-state index in [2.05, 4.69) is 4.98 Å². The Hall–Kier alpha value is -2.36. The first-order valence-corrected chi connectivity index (χ1v) is 5.83. The van der Waals surface area contributed by atoms with Gasteiger partial charge in [-0.05, 0) is 30.7 Å². The monoisotopic (exact) mass is 257 g/mol. The van der Waals surface area contributed by atoms with Crippen LogP contribution in [-0.2, 0) is 0 Å². The number of methoxy groups -OCH3 is 2. The van der Waals surface area contributed by atoms with Gasteiger partial charge in [-0.3, -0.25) is 9.78 Å². The number of benzene rings is 1. The van der Waals surface area contributed by atoms with Crippen LogP contribution < -0.4 is 9.47 Å². The first kappa shape index (κ1) is 13.1. The maximum atomic E-state index is 12.4. The van der Waals surface area contributed by atoms with Crippen molar-refractivity contribution in [1.29, 1.82) is 0 Å². The average Bonchev–Trinajstić information content (AvgIpc) is 2.45. The van der Waals surface area contributed by atoms with Crippen molar-refractivity contribution in [3.8, 4) is 11.5 Å². The fraction of sp³-hybridized carbons (Fsp3) is 0.200. The molecule has 4 heteroatoms. The minimum absolute atomic E-state index is 0.103. The molecule has 1 aromatic carbocycles. The van der Waals surface area contributed by atoms with Gasteiger partial charge in [0, 0.05) is 29.6 Å². The number of rotatable bonds is 4. The van der Waals surface area contributed by atoms with Gasteiger partial charge in [0.15, 0.2) is 5.78 Å². The molecule has 0 saturated heterocycles. The SMILES string of the molecule is COc1cc(OC)cc(C(=O)c2cncc(C)c2)c1. The van der Waals surface area contributed by atoms with E-state index in [0.29, 0.717) is 22.6 Å². The van der Waals surface area contributed by atoms with Gasteiger partial charge in [0.2, 0.25) is 0 Å². The summed E-state index contributed by atoms with van der Waals surface area (Å²) >= 11 is 0. The van der Waals surface area contributed by atoms with Crippen molar-refractivity contribution in [3.63, 3.8) is 0 Å². The van der Waals surface area contributed by atoms with Gasteiger partial charge < -0.3 is 9.47 Å². The van der Waals surface area contributed by atoms with E-state index in [1.807, 2.05) is 6.92 Å². The van der Waals surface area contributed by atoms with E-state index < -0.39 is 0 Å². The highest BCUT2D eigenvalue weighted by atomic mass is 16.5. The average molecular weight is 257 g/mol. The van der Waals surface area contributed by atoms with Crippen molar-refractivity contribution < 1.29 is 14.3 Å². The number of pyridine rings is 1. The summed E-state index contributed by atoms with van der Waals surface area (Å²) in [4.78, 5) is 16.4. The van der Waals surface area contributed by atoms with E-state index in [-0.39, 0.29) is 5.78 Å². The lowest BCUT2D eigenvalue weighted by Gasteiger charge is -2.08. The molecule has 0 amide bonds. The molecule has 0 aliphatic heterocycles. The van der Waals surface area contributed by atoms with Crippen molar-refractivity contribution in [2.45, 2.75) is 6.92 Å². The second-order valence-corrected chi connectivity index (χ2v) is 4.18. The van der Waals surface area contributed by atoms with E-state index in [4.69, 9.17) is 9.47 Å². The Bertz CT molecular complexity index is 586. The Balaban J connectivity index is 2.43. The van der Waals surface area contributed by atoms with Crippen molar-refractivity contribution >= 4 is 5.78 Å². The van der Waals surface area contributed by atoms with Gasteiger partial charge in [-0.1, -0.05) is 0 Å². The van der Waals surface area contributed by atoms with Crippen LogP contribution in [0.25, 0.3) is 0 Å². The lowest BCUT2D eigenvalue weighted by atomic mass is 10.0. The summed E-state index contributed by atoms with van der Waals surface area (Å²) in [5.41, 5.74) is 2.01. The van der Waals surface area contributed by atoms with Crippen molar-refractivity contribution in [2.75, 3.05) is 14.2 Å². The normalized spacial score (nSPS) is 10.1. The second-order valence-electron chi connectivity index (χ2n) is 4.18. The van der Waals surface area contributed by atoms with Gasteiger partial charge in [0.1, 0.15) is 11.5 Å². The van der Waals surface area contributed by atoms with Crippen LogP contribution in [0.15, 0.2) is 36.7 Å². The van der Waals surface area contributed by atoms with Crippen LogP contribution in [0.5, 0.6) is 11.5 Å². The maximum absolute atomic E-state index is 12.4. The predicted octanol–water partition coefficient (Wildman–Crippen LogP) is 2.64. The van der Waals surface area contributed by atoms with Crippen LogP contribution >= 0.6 is 0 Å². The van der Waals surface area contributed by atoms with Crippen LogP contribution in [0.2, 0.25) is 0 Å². The summed E-state index contributed by atoms with van der Waals surface area (Å²) in [6.45, 7) is 1.90. The summed E-state index contributed by atoms with van der Waals surface area (Å²) in [7, 11) is 3.11. The van der Waals surface area contributed by atoms with E-state index >= 15 is 0 Å². The summed E-state index contributed by atoms with van der Waals surface area (Å²) in [6.07, 6.45) is 3.27. The summed E-state index contributed by atoms with van der Waals surface area (Å²) < 4.78 is 10.3. The quantitative estimate of drug-likeness (QED) is 0.790. The van der Waals surface area contributed by atoms with E-state index in [1.54, 1.807) is 50.9 Å². The lowest BCUT2D eigenvalue weighted by molar-refractivity contribution is 0.103. The molecule has 0 unspecified atom stereocenters. The largest absolute Gasteiger partial charge is 0.497 e. The number of aryl methyl sites for hydroxylation is 1. The Kier molecular flexibility index (Phi) is 3.80. The molecule has 98 valence electrons. The third kappa shape index (κ3) is 2.91. The lowest BCUT2D eigenvalue weighted by Crippen LogP contribution is -2.03. The first-order valence-electron chi connectivity index (χ1n) is 5.83. The summed E-state index contributed by atoms with van der Waals surface area (Å²) in [5.74, 6) is 1.07. The van der Waals surface area contributed by atoms with Gasteiger partial charge in [-0.15, -0.1) is 0 Å². The standard InChI is InChI=1S/C15H15NO3/c1-10-4-12(9-16-8-10)15(17)11-5-13(18-2)7-14(6-11)19-3/h4-9H,1-3H3. The number of hydrogen-bond donors (Lipinski definition) is 0. The molecular weight excluding hydrogens is 242 g/mol. The molecule has 0 atom stereocenters. The highest BCUT2D eigenvalue weighted by molar-refractivity contribution is 6.09. The Morgan fingerprint density at radius 1 is 0.947 bits per heavy atom. The molecule has 2 aromatic rings. The molecule has 4 nitrogen and oxygen atoms in total. The maximum Gasteiger partial charge on any atom is 0.194 e. The fourth-order valence-corrected chi connectivity index (χ4v) is 1.78. The van der Waals surface area contributed by atoms with Crippen LogP contribution in [0, 0.1) is 6.92 Å².